The minimum atomic E-state index is -1.09. The fourth-order valence-corrected chi connectivity index (χ4v) is 2.00. The summed E-state index contributed by atoms with van der Waals surface area (Å²) < 4.78 is 19.4. The molecule has 6 heteroatoms. The predicted octanol–water partition coefficient (Wildman–Crippen LogP) is 5.13. The first-order valence-corrected chi connectivity index (χ1v) is 6.96. The van der Waals surface area contributed by atoms with E-state index in [1.165, 1.54) is 18.2 Å². The van der Waals surface area contributed by atoms with Gasteiger partial charge in [0.1, 0.15) is 17.3 Å². The molecule has 2 aromatic rings. The van der Waals surface area contributed by atoms with Crippen molar-refractivity contribution in [2.24, 2.45) is 0 Å². The zero-order valence-electron chi connectivity index (χ0n) is 10.5. The second kappa shape index (κ2) is 6.74. The fraction of sp³-hybridized carbons (Fsp3) is 0. The molecule has 0 atom stereocenters. The van der Waals surface area contributed by atoms with E-state index >= 15 is 0 Å². The molecule has 21 heavy (non-hydrogen) atoms. The van der Waals surface area contributed by atoms with Crippen molar-refractivity contribution >= 4 is 39.6 Å². The number of carboxylic acids is 1. The van der Waals surface area contributed by atoms with E-state index < -0.39 is 11.8 Å². The number of ether oxygens (including phenoxy) is 1. The highest BCUT2D eigenvalue weighted by molar-refractivity contribution is 9.10. The first kappa shape index (κ1) is 15.5. The number of hydrogen-bond donors (Lipinski definition) is 1. The summed E-state index contributed by atoms with van der Waals surface area (Å²) in [5, 5.41) is 9.12. The number of aliphatic carboxylic acids is 1. The van der Waals surface area contributed by atoms with Gasteiger partial charge < -0.3 is 9.84 Å². The summed E-state index contributed by atoms with van der Waals surface area (Å²) in [5.74, 6) is -0.874. The summed E-state index contributed by atoms with van der Waals surface area (Å²) in [4.78, 5) is 10.6. The molecular formula is C15H9BrClFO3. The number of hydrogen-bond acceptors (Lipinski definition) is 2. The van der Waals surface area contributed by atoms with E-state index in [-0.39, 0.29) is 0 Å². The third-order valence-corrected chi connectivity index (χ3v) is 3.37. The van der Waals surface area contributed by atoms with Crippen LogP contribution in [-0.2, 0) is 4.79 Å². The molecule has 2 rings (SSSR count). The van der Waals surface area contributed by atoms with Crippen molar-refractivity contribution in [1.82, 2.24) is 0 Å². The summed E-state index contributed by atoms with van der Waals surface area (Å²) >= 11 is 8.93. The van der Waals surface area contributed by atoms with Crippen LogP contribution in [0.25, 0.3) is 6.08 Å². The van der Waals surface area contributed by atoms with Crippen LogP contribution in [0.2, 0.25) is 5.02 Å². The first-order chi connectivity index (χ1) is 9.95. The molecule has 0 aromatic heterocycles. The van der Waals surface area contributed by atoms with Crippen LogP contribution in [0, 0.1) is 5.82 Å². The number of benzene rings is 2. The quantitative estimate of drug-likeness (QED) is 0.758. The smallest absolute Gasteiger partial charge is 0.328 e. The van der Waals surface area contributed by atoms with Gasteiger partial charge in [-0.25, -0.2) is 9.18 Å². The van der Waals surface area contributed by atoms with Crippen LogP contribution in [0.3, 0.4) is 0 Å². The molecule has 0 heterocycles. The van der Waals surface area contributed by atoms with E-state index in [4.69, 9.17) is 21.4 Å². The van der Waals surface area contributed by atoms with Crippen molar-refractivity contribution in [3.05, 3.63) is 63.4 Å². The molecule has 2 aromatic carbocycles. The van der Waals surface area contributed by atoms with Crippen LogP contribution in [0.1, 0.15) is 5.56 Å². The maximum atomic E-state index is 13.5. The molecule has 0 aliphatic carbocycles. The molecular weight excluding hydrogens is 363 g/mol. The average molecular weight is 372 g/mol. The van der Waals surface area contributed by atoms with Gasteiger partial charge in [-0.15, -0.1) is 0 Å². The van der Waals surface area contributed by atoms with Gasteiger partial charge in [0, 0.05) is 22.7 Å². The third-order valence-electron chi connectivity index (χ3n) is 2.50. The lowest BCUT2D eigenvalue weighted by atomic mass is 10.2. The molecule has 0 radical (unpaired) electrons. The van der Waals surface area contributed by atoms with E-state index in [9.17, 15) is 9.18 Å². The van der Waals surface area contributed by atoms with Crippen molar-refractivity contribution < 1.29 is 19.0 Å². The summed E-state index contributed by atoms with van der Waals surface area (Å²) in [5.41, 5.74) is 0.480. The Hall–Kier alpha value is -1.85. The van der Waals surface area contributed by atoms with E-state index in [0.717, 1.165) is 6.08 Å². The molecule has 0 bridgehead atoms. The topological polar surface area (TPSA) is 46.5 Å². The second-order valence-electron chi connectivity index (χ2n) is 4.03. The van der Waals surface area contributed by atoms with E-state index in [1.54, 1.807) is 24.3 Å². The molecule has 0 saturated heterocycles. The summed E-state index contributed by atoms with van der Waals surface area (Å²) in [7, 11) is 0. The number of halogens is 3. The van der Waals surface area contributed by atoms with Crippen LogP contribution in [0.5, 0.6) is 11.5 Å². The molecule has 108 valence electrons. The Labute approximate surface area is 133 Å². The Morgan fingerprint density at radius 3 is 2.71 bits per heavy atom. The van der Waals surface area contributed by atoms with E-state index in [2.05, 4.69) is 15.9 Å². The first-order valence-electron chi connectivity index (χ1n) is 5.79. The van der Waals surface area contributed by atoms with Crippen LogP contribution in [-0.4, -0.2) is 11.1 Å². The summed E-state index contributed by atoms with van der Waals surface area (Å²) in [6, 6.07) is 9.09. The molecule has 1 N–H and O–H groups in total. The Balaban J connectivity index is 2.34. The van der Waals surface area contributed by atoms with Crippen LogP contribution < -0.4 is 4.74 Å². The highest BCUT2D eigenvalue weighted by Crippen LogP contribution is 2.30. The zero-order chi connectivity index (χ0) is 15.4. The van der Waals surface area contributed by atoms with Gasteiger partial charge in [-0.1, -0.05) is 11.6 Å². The second-order valence-corrected chi connectivity index (χ2v) is 5.32. The molecule has 3 nitrogen and oxygen atoms in total. The Morgan fingerprint density at radius 2 is 2.05 bits per heavy atom. The van der Waals surface area contributed by atoms with E-state index in [0.29, 0.717) is 26.6 Å². The minimum Gasteiger partial charge on any atom is -0.478 e. The van der Waals surface area contributed by atoms with Crippen molar-refractivity contribution in [2.75, 3.05) is 0 Å². The lowest BCUT2D eigenvalue weighted by Crippen LogP contribution is -1.90. The van der Waals surface area contributed by atoms with Crippen LogP contribution >= 0.6 is 27.5 Å². The summed E-state index contributed by atoms with van der Waals surface area (Å²) in [6.07, 6.45) is 2.33. The monoisotopic (exact) mass is 370 g/mol. The molecule has 0 spiro atoms. The molecule has 0 aliphatic rings. The maximum Gasteiger partial charge on any atom is 0.328 e. The standard InChI is InChI=1S/C15H9BrClFO3/c16-12-4-3-11(8-13(12)18)21-14-5-2-10(17)7-9(14)1-6-15(19)20/h1-8H,(H,19,20)/b6-1+. The van der Waals surface area contributed by atoms with Crippen molar-refractivity contribution in [3.8, 4) is 11.5 Å². The highest BCUT2D eigenvalue weighted by Gasteiger charge is 2.07. The highest BCUT2D eigenvalue weighted by atomic mass is 79.9. The SMILES string of the molecule is O=C(O)/C=C/c1cc(Cl)ccc1Oc1ccc(Br)c(F)c1. The largest absolute Gasteiger partial charge is 0.478 e. The Bertz CT molecular complexity index is 716. The normalized spacial score (nSPS) is 10.8. The summed E-state index contributed by atoms with van der Waals surface area (Å²) in [6.45, 7) is 0. The number of carbonyl (C=O) groups is 1. The molecule has 0 saturated carbocycles. The maximum absolute atomic E-state index is 13.5. The molecule has 0 aliphatic heterocycles. The average Bonchev–Trinajstić information content (AvgIpc) is 2.43. The molecule has 0 amide bonds. The Morgan fingerprint density at radius 1 is 1.29 bits per heavy atom. The van der Waals surface area contributed by atoms with Gasteiger partial charge in [0.2, 0.25) is 0 Å². The zero-order valence-corrected chi connectivity index (χ0v) is 12.9. The lowest BCUT2D eigenvalue weighted by Gasteiger charge is -2.09. The van der Waals surface area contributed by atoms with Gasteiger partial charge in [-0.3, -0.25) is 0 Å². The number of carboxylic acid groups (broad SMARTS) is 1. The molecule has 0 unspecified atom stereocenters. The van der Waals surface area contributed by atoms with Gasteiger partial charge in [-0.2, -0.15) is 0 Å². The third kappa shape index (κ3) is 4.31. The Kier molecular flexibility index (Phi) is 4.98. The van der Waals surface area contributed by atoms with Crippen LogP contribution in [0.15, 0.2) is 46.9 Å². The number of rotatable bonds is 4. The van der Waals surface area contributed by atoms with Crippen molar-refractivity contribution in [2.45, 2.75) is 0 Å². The van der Waals surface area contributed by atoms with Gasteiger partial charge >= 0.3 is 5.97 Å². The molecule has 0 fully saturated rings. The predicted molar refractivity (Wildman–Crippen MR) is 82.3 cm³/mol. The fourth-order valence-electron chi connectivity index (χ4n) is 1.57. The van der Waals surface area contributed by atoms with Crippen molar-refractivity contribution in [1.29, 1.82) is 0 Å². The lowest BCUT2D eigenvalue weighted by molar-refractivity contribution is -0.131. The van der Waals surface area contributed by atoms with Crippen molar-refractivity contribution in [3.63, 3.8) is 0 Å². The van der Waals surface area contributed by atoms with Gasteiger partial charge in [-0.05, 0) is 52.3 Å². The minimum absolute atomic E-state index is 0.294. The van der Waals surface area contributed by atoms with Gasteiger partial charge in [0.05, 0.1) is 4.47 Å². The van der Waals surface area contributed by atoms with Gasteiger partial charge in [0.25, 0.3) is 0 Å². The van der Waals surface area contributed by atoms with Gasteiger partial charge in [0.15, 0.2) is 0 Å². The van der Waals surface area contributed by atoms with E-state index in [1.807, 2.05) is 0 Å². The van der Waals surface area contributed by atoms with Crippen LogP contribution in [0.4, 0.5) is 4.39 Å².